The second-order valence-corrected chi connectivity index (χ2v) is 9.33. The molecule has 1 saturated heterocycles. The minimum absolute atomic E-state index is 0.0162. The lowest BCUT2D eigenvalue weighted by Gasteiger charge is -2.37. The van der Waals surface area contributed by atoms with E-state index < -0.39 is 46.8 Å². The lowest BCUT2D eigenvalue weighted by atomic mass is 9.69. The number of fused-ring (bicyclic) bond motifs is 4. The van der Waals surface area contributed by atoms with Gasteiger partial charge in [0, 0.05) is 23.2 Å². The van der Waals surface area contributed by atoms with Crippen molar-refractivity contribution >= 4 is 17.3 Å². The van der Waals surface area contributed by atoms with E-state index in [2.05, 4.69) is 34.3 Å². The number of rotatable bonds is 3. The maximum Gasteiger partial charge on any atom is 0.198 e. The first-order chi connectivity index (χ1) is 17.3. The molecule has 2 bridgehead atoms. The molecule has 180 valence electrons. The van der Waals surface area contributed by atoms with Crippen LogP contribution in [0.4, 0.5) is 5.69 Å². The van der Waals surface area contributed by atoms with E-state index in [9.17, 15) is 24.9 Å². The molecule has 1 unspecified atom stereocenters. The van der Waals surface area contributed by atoms with Crippen LogP contribution in [-0.4, -0.2) is 57.8 Å². The van der Waals surface area contributed by atoms with Gasteiger partial charge in [-0.25, -0.2) is 0 Å². The molecule has 0 aromatic heterocycles. The number of ketones is 2. The average molecular weight is 482 g/mol. The Kier molecular flexibility index (Phi) is 4.72. The largest absolute Gasteiger partial charge is 0.507 e. The van der Waals surface area contributed by atoms with Gasteiger partial charge in [0.25, 0.3) is 0 Å². The van der Waals surface area contributed by atoms with Gasteiger partial charge in [-0.2, -0.15) is 0 Å². The third-order valence-corrected chi connectivity index (χ3v) is 7.40. The zero-order valence-electron chi connectivity index (χ0n) is 19.5. The number of nitrogens with one attached hydrogen (secondary N) is 2. The highest BCUT2D eigenvalue weighted by Crippen LogP contribution is 2.67. The molecule has 5 atom stereocenters. The van der Waals surface area contributed by atoms with Gasteiger partial charge in [0.05, 0.1) is 22.9 Å². The fraction of sp³-hybridized carbons (Fsp3) is 0.286. The number of carbonyl (C=O) groups is 2. The van der Waals surface area contributed by atoms with Gasteiger partial charge in [0.2, 0.25) is 0 Å². The number of aromatic hydroxyl groups is 1. The summed E-state index contributed by atoms with van der Waals surface area (Å²) in [5.41, 5.74) is -1.40. The summed E-state index contributed by atoms with van der Waals surface area (Å²) in [6, 6.07) is 5.49. The lowest BCUT2D eigenvalue weighted by Crippen LogP contribution is -2.54. The predicted octanol–water partition coefficient (Wildman–Crippen LogP) is 0.964. The Balaban J connectivity index is 1.63. The first-order valence-electron chi connectivity index (χ1n) is 11.5. The fourth-order valence-corrected chi connectivity index (χ4v) is 5.80. The van der Waals surface area contributed by atoms with E-state index in [4.69, 9.17) is 4.74 Å². The van der Waals surface area contributed by atoms with Crippen molar-refractivity contribution < 1.29 is 29.6 Å². The second kappa shape index (κ2) is 7.54. The number of aliphatic hydroxyl groups is 2. The van der Waals surface area contributed by atoms with Crippen molar-refractivity contribution in [2.24, 2.45) is 0 Å². The van der Waals surface area contributed by atoms with Crippen LogP contribution in [0.1, 0.15) is 49.9 Å². The van der Waals surface area contributed by atoms with E-state index in [1.807, 2.05) is 0 Å². The van der Waals surface area contributed by atoms with E-state index in [1.165, 1.54) is 25.1 Å². The van der Waals surface area contributed by atoms with Gasteiger partial charge in [-0.1, -0.05) is 29.7 Å². The van der Waals surface area contributed by atoms with Gasteiger partial charge in [-0.15, -0.1) is 0 Å². The SMILES string of the molecule is CNCc1ccc2c(c1)C(=O)c1c(O)cc3c(c1C2=O)N[C@H]1C#C/C=C\C#C[C@@H](O)[C@@]32OC12[C@@H](C)O. The zero-order valence-corrected chi connectivity index (χ0v) is 19.5. The number of phenols is 1. The molecule has 0 amide bonds. The maximum atomic E-state index is 13.8. The van der Waals surface area contributed by atoms with Crippen molar-refractivity contribution in [1.29, 1.82) is 0 Å². The van der Waals surface area contributed by atoms with Crippen LogP contribution in [0, 0.1) is 23.7 Å². The number of allylic oxidation sites excluding steroid dienone is 2. The number of carbonyl (C=O) groups excluding carboxylic acids is 2. The quantitative estimate of drug-likeness (QED) is 0.212. The molecule has 8 nitrogen and oxygen atoms in total. The molecular formula is C28H22N2O6. The van der Waals surface area contributed by atoms with Gasteiger partial charge >= 0.3 is 0 Å². The highest BCUT2D eigenvalue weighted by atomic mass is 16.7. The number of hydrogen-bond acceptors (Lipinski definition) is 8. The number of phenolic OH excluding ortho intramolecular Hbond substituents is 1. The molecule has 2 aromatic carbocycles. The number of ether oxygens (including phenoxy) is 1. The molecule has 4 aliphatic rings. The van der Waals surface area contributed by atoms with Crippen molar-refractivity contribution in [3.63, 3.8) is 0 Å². The molecule has 0 saturated carbocycles. The van der Waals surface area contributed by atoms with Crippen molar-refractivity contribution in [1.82, 2.24) is 5.32 Å². The van der Waals surface area contributed by atoms with Crippen LogP contribution < -0.4 is 10.6 Å². The minimum Gasteiger partial charge on any atom is -0.507 e. The standard InChI is InChI=1S/C28H22N2O6/c1-14(31)27-20-7-5-3-4-6-8-21(33)28(27,36-27)18-12-19(32)22-23(24(18)30-20)25(34)16-10-9-15(13-29-2)11-17(16)26(22)35/h3-4,9-12,14,20-21,29-33H,13H2,1-2H3/b4-3-/t14-,20+,21-,27?,28+/m1/s1. The Labute approximate surface area is 207 Å². The van der Waals surface area contributed by atoms with Crippen LogP contribution in [0.5, 0.6) is 5.75 Å². The summed E-state index contributed by atoms with van der Waals surface area (Å²) in [4.78, 5) is 27.4. The van der Waals surface area contributed by atoms with Gasteiger partial charge in [0.1, 0.15) is 11.8 Å². The van der Waals surface area contributed by atoms with E-state index in [0.29, 0.717) is 6.54 Å². The van der Waals surface area contributed by atoms with E-state index in [0.717, 1.165) is 5.56 Å². The third kappa shape index (κ3) is 2.64. The molecule has 2 aliphatic carbocycles. The number of hydrogen-bond donors (Lipinski definition) is 5. The van der Waals surface area contributed by atoms with Crippen LogP contribution in [0.25, 0.3) is 0 Å². The average Bonchev–Trinajstić information content (AvgIpc) is 3.58. The number of aliphatic hydroxyl groups excluding tert-OH is 2. The number of benzene rings is 2. The van der Waals surface area contributed by atoms with Gasteiger partial charge < -0.3 is 30.7 Å². The molecular weight excluding hydrogens is 460 g/mol. The summed E-state index contributed by atoms with van der Waals surface area (Å²) in [5, 5.41) is 39.3. The van der Waals surface area contributed by atoms with E-state index in [-0.39, 0.29) is 33.5 Å². The molecule has 5 N–H and O–H groups in total. The first-order valence-corrected chi connectivity index (χ1v) is 11.5. The smallest absolute Gasteiger partial charge is 0.198 e. The molecule has 36 heavy (non-hydrogen) atoms. The molecule has 1 fully saturated rings. The lowest BCUT2D eigenvalue weighted by molar-refractivity contribution is 0.0867. The number of anilines is 1. The fourth-order valence-electron chi connectivity index (χ4n) is 5.80. The van der Waals surface area contributed by atoms with Crippen LogP contribution in [0.2, 0.25) is 0 Å². The third-order valence-electron chi connectivity index (χ3n) is 7.40. The normalized spacial score (nSPS) is 30.0. The Morgan fingerprint density at radius 2 is 1.83 bits per heavy atom. The molecule has 6 rings (SSSR count). The molecule has 8 heteroatoms. The maximum absolute atomic E-state index is 13.8. The summed E-state index contributed by atoms with van der Waals surface area (Å²) >= 11 is 0. The molecule has 2 aromatic rings. The Morgan fingerprint density at radius 3 is 2.56 bits per heavy atom. The van der Waals surface area contributed by atoms with Gasteiger partial charge in [-0.05, 0) is 49.9 Å². The van der Waals surface area contributed by atoms with Crippen LogP contribution in [-0.2, 0) is 16.9 Å². The summed E-state index contributed by atoms with van der Waals surface area (Å²) in [5.74, 6) is 9.94. The first kappa shape index (κ1) is 22.5. The topological polar surface area (TPSA) is 131 Å². The Morgan fingerprint density at radius 1 is 1.11 bits per heavy atom. The summed E-state index contributed by atoms with van der Waals surface area (Å²) in [6.07, 6.45) is 0.497. The molecule has 0 radical (unpaired) electrons. The Hall–Kier alpha value is -3.92. The van der Waals surface area contributed by atoms with Gasteiger partial charge in [-0.3, -0.25) is 9.59 Å². The van der Waals surface area contributed by atoms with Crippen LogP contribution in [0.3, 0.4) is 0 Å². The van der Waals surface area contributed by atoms with E-state index in [1.54, 1.807) is 25.2 Å². The highest BCUT2D eigenvalue weighted by Gasteiger charge is 2.82. The van der Waals surface area contributed by atoms with Crippen molar-refractivity contribution in [2.75, 3.05) is 12.4 Å². The molecule has 2 aliphatic heterocycles. The second-order valence-electron chi connectivity index (χ2n) is 9.33. The molecule has 2 heterocycles. The monoisotopic (exact) mass is 482 g/mol. The highest BCUT2D eigenvalue weighted by molar-refractivity contribution is 6.31. The van der Waals surface area contributed by atoms with Crippen molar-refractivity contribution in [3.8, 4) is 29.4 Å². The molecule has 0 spiro atoms. The van der Waals surface area contributed by atoms with Crippen molar-refractivity contribution in [2.45, 2.75) is 42.9 Å². The van der Waals surface area contributed by atoms with Crippen LogP contribution >= 0.6 is 0 Å². The number of epoxide rings is 1. The predicted molar refractivity (Wildman–Crippen MR) is 129 cm³/mol. The van der Waals surface area contributed by atoms with E-state index >= 15 is 0 Å². The van der Waals surface area contributed by atoms with Crippen molar-refractivity contribution in [3.05, 3.63) is 69.8 Å². The summed E-state index contributed by atoms with van der Waals surface area (Å²) in [7, 11) is 1.78. The Bertz CT molecular complexity index is 1530. The van der Waals surface area contributed by atoms with Crippen LogP contribution in [0.15, 0.2) is 36.4 Å². The summed E-state index contributed by atoms with van der Waals surface area (Å²) < 4.78 is 6.16. The summed E-state index contributed by atoms with van der Waals surface area (Å²) in [6.45, 7) is 2.03. The zero-order chi connectivity index (χ0) is 25.4. The van der Waals surface area contributed by atoms with Gasteiger partial charge in [0.15, 0.2) is 28.9 Å². The minimum atomic E-state index is -1.58.